The molecule has 2 N–H and O–H groups in total. The summed E-state index contributed by atoms with van der Waals surface area (Å²) in [6.45, 7) is 5.52. The summed E-state index contributed by atoms with van der Waals surface area (Å²) in [6, 6.07) is 4.21. The van der Waals surface area contributed by atoms with Crippen molar-refractivity contribution in [3.8, 4) is 0 Å². The van der Waals surface area contributed by atoms with E-state index >= 15 is 0 Å². The molecule has 0 bridgehead atoms. The second kappa shape index (κ2) is 8.73. The van der Waals surface area contributed by atoms with Gasteiger partial charge in [0.1, 0.15) is 10.2 Å². The van der Waals surface area contributed by atoms with Crippen LogP contribution in [0.3, 0.4) is 0 Å². The molecule has 1 aromatic rings. The number of ether oxygens (including phenoxy) is 1. The molecule has 28 heavy (non-hydrogen) atoms. The smallest absolute Gasteiger partial charge is 0.412 e. The SMILES string of the molecule is CC(C)(C)OC(=O)NC1=CC=C(C2=NNC(c3ccnc(Br)c3)CC2)CC=C1. The van der Waals surface area contributed by atoms with E-state index in [1.807, 2.05) is 57.2 Å². The van der Waals surface area contributed by atoms with Crippen LogP contribution in [-0.4, -0.2) is 22.4 Å². The molecule has 2 heterocycles. The van der Waals surface area contributed by atoms with E-state index in [9.17, 15) is 4.79 Å². The topological polar surface area (TPSA) is 75.6 Å². The lowest BCUT2D eigenvalue weighted by Crippen LogP contribution is -2.31. The number of alkyl carbamates (subject to hydrolysis) is 1. The Hall–Kier alpha value is -2.41. The summed E-state index contributed by atoms with van der Waals surface area (Å²) in [5.41, 5.74) is 6.79. The number of rotatable bonds is 3. The monoisotopic (exact) mass is 444 g/mol. The first-order chi connectivity index (χ1) is 13.3. The van der Waals surface area contributed by atoms with Gasteiger partial charge in [-0.15, -0.1) is 0 Å². The lowest BCUT2D eigenvalue weighted by atomic mass is 9.96. The van der Waals surface area contributed by atoms with E-state index in [1.54, 1.807) is 6.20 Å². The van der Waals surface area contributed by atoms with E-state index in [0.717, 1.165) is 35.2 Å². The second-order valence-corrected chi connectivity index (χ2v) is 8.55. The summed E-state index contributed by atoms with van der Waals surface area (Å²) in [7, 11) is 0. The molecule has 1 atom stereocenters. The molecule has 6 nitrogen and oxygen atoms in total. The normalized spacial score (nSPS) is 19.6. The predicted molar refractivity (Wildman–Crippen MR) is 114 cm³/mol. The van der Waals surface area contributed by atoms with Crippen molar-refractivity contribution in [3.05, 3.63) is 64.1 Å². The van der Waals surface area contributed by atoms with Crippen LogP contribution in [0.25, 0.3) is 0 Å². The van der Waals surface area contributed by atoms with Crippen molar-refractivity contribution in [3.63, 3.8) is 0 Å². The van der Waals surface area contributed by atoms with Crippen molar-refractivity contribution in [2.75, 3.05) is 0 Å². The van der Waals surface area contributed by atoms with Gasteiger partial charge in [0.25, 0.3) is 0 Å². The number of amides is 1. The number of carbonyl (C=O) groups excluding carboxylic acids is 1. The van der Waals surface area contributed by atoms with Crippen LogP contribution in [0.5, 0.6) is 0 Å². The third kappa shape index (κ3) is 5.79. The molecule has 7 heteroatoms. The van der Waals surface area contributed by atoms with E-state index in [1.165, 1.54) is 5.56 Å². The maximum Gasteiger partial charge on any atom is 0.412 e. The van der Waals surface area contributed by atoms with Crippen molar-refractivity contribution in [1.82, 2.24) is 15.7 Å². The van der Waals surface area contributed by atoms with Gasteiger partial charge in [0, 0.05) is 11.9 Å². The first kappa shape index (κ1) is 20.3. The van der Waals surface area contributed by atoms with Gasteiger partial charge >= 0.3 is 6.09 Å². The number of hydrogen-bond acceptors (Lipinski definition) is 5. The van der Waals surface area contributed by atoms with Gasteiger partial charge < -0.3 is 10.2 Å². The van der Waals surface area contributed by atoms with E-state index < -0.39 is 11.7 Å². The Labute approximate surface area is 174 Å². The molecule has 1 unspecified atom stereocenters. The molecule has 0 saturated heterocycles. The van der Waals surface area contributed by atoms with Crippen LogP contribution in [0.15, 0.2) is 63.6 Å². The average molecular weight is 445 g/mol. The van der Waals surface area contributed by atoms with Gasteiger partial charge in [-0.25, -0.2) is 9.78 Å². The fourth-order valence-electron chi connectivity index (χ4n) is 3.01. The molecule has 0 fully saturated rings. The Balaban J connectivity index is 1.64. The lowest BCUT2D eigenvalue weighted by molar-refractivity contribution is 0.0548. The number of nitrogens with one attached hydrogen (secondary N) is 2. The second-order valence-electron chi connectivity index (χ2n) is 7.74. The van der Waals surface area contributed by atoms with Crippen LogP contribution >= 0.6 is 15.9 Å². The zero-order chi connectivity index (χ0) is 20.1. The molecule has 2 aliphatic rings. The van der Waals surface area contributed by atoms with Gasteiger partial charge in [0.15, 0.2) is 0 Å². The molecular weight excluding hydrogens is 420 g/mol. The maximum atomic E-state index is 11.9. The minimum absolute atomic E-state index is 0.185. The average Bonchev–Trinajstić information content (AvgIpc) is 2.86. The van der Waals surface area contributed by atoms with E-state index in [0.29, 0.717) is 5.70 Å². The van der Waals surface area contributed by atoms with Crippen LogP contribution in [0, 0.1) is 0 Å². The fourth-order valence-corrected chi connectivity index (χ4v) is 3.39. The number of pyridine rings is 1. The molecule has 0 spiro atoms. The first-order valence-corrected chi connectivity index (χ1v) is 10.1. The van der Waals surface area contributed by atoms with Crippen molar-refractivity contribution in [1.29, 1.82) is 0 Å². The molecule has 1 aromatic heterocycles. The standard InChI is InChI=1S/C21H25BrN4O2/c1-21(2,3)28-20(27)24-16-6-4-5-14(7-8-16)17-9-10-18(26-25-17)15-11-12-23-19(22)13-15/h4,6-8,11-13,18,26H,5,9-10H2,1-3H3,(H,24,27). The predicted octanol–water partition coefficient (Wildman–Crippen LogP) is 4.92. The van der Waals surface area contributed by atoms with Gasteiger partial charge in [-0.05, 0) is 91.4 Å². The van der Waals surface area contributed by atoms with Crippen LogP contribution in [0.1, 0.15) is 51.6 Å². The minimum atomic E-state index is -0.524. The number of aromatic nitrogens is 1. The highest BCUT2D eigenvalue weighted by Gasteiger charge is 2.20. The van der Waals surface area contributed by atoms with Crippen LogP contribution < -0.4 is 10.7 Å². The zero-order valence-corrected chi connectivity index (χ0v) is 17.9. The third-order valence-corrected chi connectivity index (χ3v) is 4.73. The number of hydrogen-bond donors (Lipinski definition) is 2. The summed E-state index contributed by atoms with van der Waals surface area (Å²) < 4.78 is 6.13. The highest BCUT2D eigenvalue weighted by molar-refractivity contribution is 9.10. The quantitative estimate of drug-likeness (QED) is 0.648. The van der Waals surface area contributed by atoms with Gasteiger partial charge in [-0.3, -0.25) is 5.32 Å². The Bertz CT molecular complexity index is 865. The van der Waals surface area contributed by atoms with Crippen molar-refractivity contribution < 1.29 is 9.53 Å². The molecule has 1 aliphatic carbocycles. The Morgan fingerprint density at radius 3 is 2.86 bits per heavy atom. The van der Waals surface area contributed by atoms with Gasteiger partial charge in [0.05, 0.1) is 11.8 Å². The zero-order valence-electron chi connectivity index (χ0n) is 16.3. The maximum absolute atomic E-state index is 11.9. The number of hydrazone groups is 1. The summed E-state index contributed by atoms with van der Waals surface area (Å²) in [5, 5.41) is 7.38. The van der Waals surface area contributed by atoms with Crippen molar-refractivity contribution in [2.24, 2.45) is 5.10 Å². The van der Waals surface area contributed by atoms with Gasteiger partial charge in [0.2, 0.25) is 0 Å². The third-order valence-electron chi connectivity index (χ3n) is 4.29. The summed E-state index contributed by atoms with van der Waals surface area (Å²) in [6.07, 6.45) is 11.8. The Morgan fingerprint density at radius 1 is 1.36 bits per heavy atom. The molecule has 148 valence electrons. The van der Waals surface area contributed by atoms with E-state index in [2.05, 4.69) is 36.8 Å². The van der Waals surface area contributed by atoms with E-state index in [-0.39, 0.29) is 6.04 Å². The molecule has 3 rings (SSSR count). The molecule has 0 aromatic carbocycles. The van der Waals surface area contributed by atoms with Gasteiger partial charge in [-0.1, -0.05) is 12.2 Å². The molecule has 1 amide bonds. The molecular formula is C21H25BrN4O2. The number of nitrogens with zero attached hydrogens (tertiary/aromatic N) is 2. The summed E-state index contributed by atoms with van der Waals surface area (Å²) in [4.78, 5) is 16.1. The van der Waals surface area contributed by atoms with Crippen molar-refractivity contribution >= 4 is 27.7 Å². The highest BCUT2D eigenvalue weighted by atomic mass is 79.9. The largest absolute Gasteiger partial charge is 0.444 e. The number of allylic oxidation sites excluding steroid dienone is 5. The Kier molecular flexibility index (Phi) is 6.34. The van der Waals surface area contributed by atoms with E-state index in [4.69, 9.17) is 4.74 Å². The number of carbonyl (C=O) groups is 1. The van der Waals surface area contributed by atoms with Gasteiger partial charge in [-0.2, -0.15) is 5.10 Å². The first-order valence-electron chi connectivity index (χ1n) is 9.31. The lowest BCUT2D eigenvalue weighted by Gasteiger charge is -2.24. The highest BCUT2D eigenvalue weighted by Crippen LogP contribution is 2.26. The minimum Gasteiger partial charge on any atom is -0.444 e. The number of halogens is 1. The molecule has 0 radical (unpaired) electrons. The Morgan fingerprint density at radius 2 is 2.18 bits per heavy atom. The van der Waals surface area contributed by atoms with Crippen LogP contribution in [0.4, 0.5) is 4.79 Å². The summed E-state index contributed by atoms with van der Waals surface area (Å²) in [5.74, 6) is 0. The van der Waals surface area contributed by atoms with Crippen molar-refractivity contribution in [2.45, 2.75) is 51.7 Å². The van der Waals surface area contributed by atoms with Crippen LogP contribution in [-0.2, 0) is 4.74 Å². The van der Waals surface area contributed by atoms with Crippen LogP contribution in [0.2, 0.25) is 0 Å². The molecule has 1 aliphatic heterocycles. The fraction of sp³-hybridized carbons (Fsp3) is 0.381. The summed E-state index contributed by atoms with van der Waals surface area (Å²) >= 11 is 3.41. The molecule has 0 saturated carbocycles.